The first kappa shape index (κ1) is 12.0. The fraction of sp³-hybridized carbons (Fsp3) is 0.500. The Balaban J connectivity index is 2.07. The molecule has 0 radical (unpaired) electrons. The number of aromatic nitrogens is 2. The Kier molecular flexibility index (Phi) is 3.04. The molecule has 0 unspecified atom stereocenters. The van der Waals surface area contributed by atoms with Crippen LogP contribution in [0, 0.1) is 5.92 Å². The van der Waals surface area contributed by atoms with Gasteiger partial charge in [-0.3, -0.25) is 0 Å². The molecule has 0 atom stereocenters. The van der Waals surface area contributed by atoms with E-state index in [1.807, 2.05) is 12.1 Å². The number of nitrogens with zero attached hydrogens (tertiary/aromatic N) is 2. The molecule has 1 N–H and O–H groups in total. The Morgan fingerprint density at radius 1 is 1.44 bits per heavy atom. The maximum Gasteiger partial charge on any atom is 0.110 e. The number of imidazole rings is 1. The third-order valence-corrected chi connectivity index (χ3v) is 3.81. The number of hydrogen-bond acceptors (Lipinski definition) is 2. The Labute approximate surface area is 112 Å². The molecule has 0 bridgehead atoms. The Morgan fingerprint density at radius 3 is 2.83 bits per heavy atom. The molecule has 1 aromatic heterocycles. The van der Waals surface area contributed by atoms with Gasteiger partial charge in [0.25, 0.3) is 0 Å². The molecule has 2 aromatic rings. The van der Waals surface area contributed by atoms with Gasteiger partial charge in [0.1, 0.15) is 5.82 Å². The SMILES string of the molecule is CC(C)n1c(CC2CNC2)nc2cc(Cl)ccc21. The number of rotatable bonds is 3. The lowest BCUT2D eigenvalue weighted by molar-refractivity contribution is 0.335. The molecule has 0 saturated carbocycles. The van der Waals surface area contributed by atoms with E-state index in [4.69, 9.17) is 16.6 Å². The van der Waals surface area contributed by atoms with Gasteiger partial charge in [0, 0.05) is 17.5 Å². The van der Waals surface area contributed by atoms with E-state index in [1.165, 1.54) is 11.3 Å². The first-order chi connectivity index (χ1) is 8.65. The molecule has 0 amide bonds. The van der Waals surface area contributed by atoms with Crippen LogP contribution in [0.4, 0.5) is 0 Å². The fourth-order valence-corrected chi connectivity index (χ4v) is 2.76. The Morgan fingerprint density at radius 2 is 2.22 bits per heavy atom. The lowest BCUT2D eigenvalue weighted by Gasteiger charge is -2.27. The molecule has 1 aliphatic rings. The largest absolute Gasteiger partial charge is 0.325 e. The zero-order valence-corrected chi connectivity index (χ0v) is 11.5. The van der Waals surface area contributed by atoms with Crippen LogP contribution in [0.1, 0.15) is 25.7 Å². The van der Waals surface area contributed by atoms with Crippen LogP contribution in [-0.2, 0) is 6.42 Å². The molecule has 96 valence electrons. The second-order valence-corrected chi connectivity index (χ2v) is 5.79. The van der Waals surface area contributed by atoms with Crippen molar-refractivity contribution in [2.75, 3.05) is 13.1 Å². The lowest BCUT2D eigenvalue weighted by atomic mass is 9.99. The van der Waals surface area contributed by atoms with Crippen LogP contribution in [0.25, 0.3) is 11.0 Å². The Bertz CT molecular complexity index is 570. The molecule has 1 saturated heterocycles. The second-order valence-electron chi connectivity index (χ2n) is 5.35. The minimum absolute atomic E-state index is 0.430. The summed E-state index contributed by atoms with van der Waals surface area (Å²) in [7, 11) is 0. The first-order valence-electron chi connectivity index (χ1n) is 6.52. The highest BCUT2D eigenvalue weighted by molar-refractivity contribution is 6.31. The molecule has 3 nitrogen and oxygen atoms in total. The van der Waals surface area contributed by atoms with Gasteiger partial charge in [0.05, 0.1) is 11.0 Å². The van der Waals surface area contributed by atoms with Gasteiger partial charge in [0.2, 0.25) is 0 Å². The summed E-state index contributed by atoms with van der Waals surface area (Å²) in [6.45, 7) is 6.64. The van der Waals surface area contributed by atoms with E-state index in [-0.39, 0.29) is 0 Å². The highest BCUT2D eigenvalue weighted by Gasteiger charge is 2.21. The van der Waals surface area contributed by atoms with Crippen molar-refractivity contribution < 1.29 is 0 Å². The van der Waals surface area contributed by atoms with E-state index < -0.39 is 0 Å². The van der Waals surface area contributed by atoms with Crippen molar-refractivity contribution in [3.05, 3.63) is 29.0 Å². The highest BCUT2D eigenvalue weighted by Crippen LogP contribution is 2.25. The van der Waals surface area contributed by atoms with Crippen LogP contribution < -0.4 is 5.32 Å². The summed E-state index contributed by atoms with van der Waals surface area (Å²) < 4.78 is 2.34. The fourth-order valence-electron chi connectivity index (χ4n) is 2.59. The molecule has 3 rings (SSSR count). The lowest BCUT2D eigenvalue weighted by Crippen LogP contribution is -2.43. The summed E-state index contributed by atoms with van der Waals surface area (Å²) in [5, 5.41) is 4.07. The van der Waals surface area contributed by atoms with Crippen LogP contribution in [0.3, 0.4) is 0 Å². The maximum absolute atomic E-state index is 6.04. The number of nitrogens with one attached hydrogen (secondary N) is 1. The van der Waals surface area contributed by atoms with E-state index >= 15 is 0 Å². The quantitative estimate of drug-likeness (QED) is 0.923. The molecule has 2 heterocycles. The highest BCUT2D eigenvalue weighted by atomic mass is 35.5. The maximum atomic E-state index is 6.04. The van der Waals surface area contributed by atoms with Gasteiger partial charge < -0.3 is 9.88 Å². The van der Waals surface area contributed by atoms with Crippen molar-refractivity contribution in [3.8, 4) is 0 Å². The van der Waals surface area contributed by atoms with E-state index in [2.05, 4.69) is 29.8 Å². The zero-order chi connectivity index (χ0) is 12.7. The summed E-state index contributed by atoms with van der Waals surface area (Å²) >= 11 is 6.04. The van der Waals surface area contributed by atoms with Gasteiger partial charge in [-0.05, 0) is 51.1 Å². The van der Waals surface area contributed by atoms with Crippen LogP contribution in [0.2, 0.25) is 5.02 Å². The molecule has 0 aliphatic carbocycles. The van der Waals surface area contributed by atoms with E-state index in [0.29, 0.717) is 6.04 Å². The minimum atomic E-state index is 0.430. The molecular formula is C14H18ClN3. The summed E-state index contributed by atoms with van der Waals surface area (Å²) in [6.07, 6.45) is 1.05. The average Bonchev–Trinajstić information content (AvgIpc) is 2.60. The monoisotopic (exact) mass is 263 g/mol. The van der Waals surface area contributed by atoms with Crippen molar-refractivity contribution in [2.24, 2.45) is 5.92 Å². The molecule has 18 heavy (non-hydrogen) atoms. The standard InChI is InChI=1S/C14H18ClN3/c1-9(2)18-13-4-3-11(15)6-12(13)17-14(18)5-10-7-16-8-10/h3-4,6,9-10,16H,5,7-8H2,1-2H3. The second kappa shape index (κ2) is 4.56. The van der Waals surface area contributed by atoms with Crippen molar-refractivity contribution in [2.45, 2.75) is 26.3 Å². The summed E-state index contributed by atoms with van der Waals surface area (Å²) in [6, 6.07) is 6.41. The van der Waals surface area contributed by atoms with Crippen molar-refractivity contribution in [1.29, 1.82) is 0 Å². The molecule has 1 fully saturated rings. The summed E-state index contributed by atoms with van der Waals surface area (Å²) in [4.78, 5) is 4.77. The van der Waals surface area contributed by atoms with Crippen LogP contribution in [-0.4, -0.2) is 22.6 Å². The molecule has 0 spiro atoms. The number of halogens is 1. The van der Waals surface area contributed by atoms with E-state index in [9.17, 15) is 0 Å². The summed E-state index contributed by atoms with van der Waals surface area (Å²) in [5.41, 5.74) is 2.20. The van der Waals surface area contributed by atoms with Gasteiger partial charge in [0.15, 0.2) is 0 Å². The number of benzene rings is 1. The molecular weight excluding hydrogens is 246 g/mol. The van der Waals surface area contributed by atoms with Gasteiger partial charge in [-0.15, -0.1) is 0 Å². The third-order valence-electron chi connectivity index (χ3n) is 3.58. The van der Waals surface area contributed by atoms with Gasteiger partial charge in [-0.25, -0.2) is 4.98 Å². The van der Waals surface area contributed by atoms with Crippen molar-refractivity contribution in [3.63, 3.8) is 0 Å². The van der Waals surface area contributed by atoms with Gasteiger partial charge in [-0.2, -0.15) is 0 Å². The Hall–Kier alpha value is -1.06. The van der Waals surface area contributed by atoms with Crippen LogP contribution >= 0.6 is 11.6 Å². The van der Waals surface area contributed by atoms with Gasteiger partial charge in [-0.1, -0.05) is 11.6 Å². The molecule has 1 aromatic carbocycles. The predicted molar refractivity (Wildman–Crippen MR) is 75.2 cm³/mol. The molecule has 1 aliphatic heterocycles. The number of fused-ring (bicyclic) bond motifs is 1. The zero-order valence-electron chi connectivity index (χ0n) is 10.8. The van der Waals surface area contributed by atoms with Crippen molar-refractivity contribution >= 4 is 22.6 Å². The third kappa shape index (κ3) is 2.02. The number of hydrogen-bond donors (Lipinski definition) is 1. The first-order valence-corrected chi connectivity index (χ1v) is 6.90. The van der Waals surface area contributed by atoms with Crippen LogP contribution in [0.15, 0.2) is 18.2 Å². The van der Waals surface area contributed by atoms with E-state index in [0.717, 1.165) is 36.0 Å². The molecule has 4 heteroatoms. The normalized spacial score (nSPS) is 16.4. The van der Waals surface area contributed by atoms with E-state index in [1.54, 1.807) is 0 Å². The smallest absolute Gasteiger partial charge is 0.110 e. The van der Waals surface area contributed by atoms with Crippen molar-refractivity contribution in [1.82, 2.24) is 14.9 Å². The average molecular weight is 264 g/mol. The topological polar surface area (TPSA) is 29.9 Å². The predicted octanol–water partition coefficient (Wildman–Crippen LogP) is 3.03. The summed E-state index contributed by atoms with van der Waals surface area (Å²) in [5.74, 6) is 1.92. The minimum Gasteiger partial charge on any atom is -0.325 e. The van der Waals surface area contributed by atoms with Gasteiger partial charge >= 0.3 is 0 Å². The van der Waals surface area contributed by atoms with Crippen LogP contribution in [0.5, 0.6) is 0 Å².